The van der Waals surface area contributed by atoms with Gasteiger partial charge < -0.3 is 5.73 Å². The van der Waals surface area contributed by atoms with Gasteiger partial charge in [0.05, 0.1) is 0 Å². The smallest absolute Gasteiger partial charge is 0.248 e. The van der Waals surface area contributed by atoms with Crippen LogP contribution in [0.2, 0.25) is 0 Å². The molecule has 0 spiro atoms. The molecule has 0 saturated heterocycles. The molecule has 1 aliphatic carbocycles. The van der Waals surface area contributed by atoms with Crippen molar-refractivity contribution in [3.05, 3.63) is 35.1 Å². The monoisotopic (exact) mass is 279 g/mol. The van der Waals surface area contributed by atoms with Crippen LogP contribution < -0.4 is 5.73 Å². The molecule has 19 heavy (non-hydrogen) atoms. The molecule has 1 aromatic carbocycles. The van der Waals surface area contributed by atoms with Gasteiger partial charge in [0.15, 0.2) is 11.6 Å². The molecule has 0 heterocycles. The zero-order chi connectivity index (χ0) is 14.3. The fourth-order valence-electron chi connectivity index (χ4n) is 2.37. The van der Waals surface area contributed by atoms with E-state index >= 15 is 0 Å². The van der Waals surface area contributed by atoms with Crippen molar-refractivity contribution in [2.45, 2.75) is 43.6 Å². The van der Waals surface area contributed by atoms with Gasteiger partial charge >= 0.3 is 0 Å². The number of halogens is 5. The molecular weight excluding hydrogens is 265 g/mol. The first-order chi connectivity index (χ1) is 8.71. The first kappa shape index (κ1) is 14.2. The highest BCUT2D eigenvalue weighted by atomic mass is 19.3. The Labute approximate surface area is 107 Å². The average molecular weight is 279 g/mol. The van der Waals surface area contributed by atoms with Gasteiger partial charge in [0.1, 0.15) is 5.82 Å². The summed E-state index contributed by atoms with van der Waals surface area (Å²) in [5.74, 6) is -6.08. The van der Waals surface area contributed by atoms with Crippen LogP contribution >= 0.6 is 0 Å². The molecule has 1 saturated carbocycles. The molecule has 0 atom stereocenters. The van der Waals surface area contributed by atoms with E-state index in [0.29, 0.717) is 6.07 Å². The lowest BCUT2D eigenvalue weighted by atomic mass is 9.77. The zero-order valence-electron chi connectivity index (χ0n) is 10.2. The molecule has 0 unspecified atom stereocenters. The van der Waals surface area contributed by atoms with E-state index in [1.54, 1.807) is 0 Å². The molecular formula is C13H14F5N. The van der Waals surface area contributed by atoms with Crippen LogP contribution in [0.25, 0.3) is 0 Å². The minimum atomic E-state index is -2.74. The normalized spacial score (nSPS) is 21.4. The summed E-state index contributed by atoms with van der Waals surface area (Å²) in [6.07, 6.45) is -0.757. The maximum atomic E-state index is 13.5. The Morgan fingerprint density at radius 1 is 0.895 bits per heavy atom. The van der Waals surface area contributed by atoms with E-state index in [4.69, 9.17) is 5.73 Å². The maximum absolute atomic E-state index is 13.5. The van der Waals surface area contributed by atoms with Gasteiger partial charge in [-0.15, -0.1) is 0 Å². The van der Waals surface area contributed by atoms with Gasteiger partial charge in [-0.25, -0.2) is 22.0 Å². The third-order valence-corrected chi connectivity index (χ3v) is 3.61. The molecule has 1 fully saturated rings. The molecule has 0 aromatic heterocycles. The van der Waals surface area contributed by atoms with Crippen LogP contribution in [0.15, 0.2) is 12.1 Å². The molecule has 0 amide bonds. The van der Waals surface area contributed by atoms with Crippen molar-refractivity contribution in [2.75, 3.05) is 0 Å². The van der Waals surface area contributed by atoms with Crippen LogP contribution in [0.1, 0.15) is 31.2 Å². The van der Waals surface area contributed by atoms with Crippen molar-refractivity contribution in [3.63, 3.8) is 0 Å². The summed E-state index contributed by atoms with van der Waals surface area (Å²) in [5.41, 5.74) is 4.88. The molecule has 1 nitrogen and oxygen atoms in total. The SMILES string of the molecule is NC1(Cc2cc(F)c(F)cc2F)CCC(F)(F)CC1. The minimum Gasteiger partial charge on any atom is -0.325 e. The van der Waals surface area contributed by atoms with Crippen LogP contribution in [0.5, 0.6) is 0 Å². The second kappa shape index (κ2) is 4.74. The second-order valence-corrected chi connectivity index (χ2v) is 5.25. The molecule has 6 heteroatoms. The number of hydrogen-bond acceptors (Lipinski definition) is 1. The Bertz CT molecular complexity index is 476. The lowest BCUT2D eigenvalue weighted by molar-refractivity contribution is -0.0505. The lowest BCUT2D eigenvalue weighted by Crippen LogP contribution is -2.48. The van der Waals surface area contributed by atoms with Crippen LogP contribution in [-0.4, -0.2) is 11.5 Å². The van der Waals surface area contributed by atoms with Crippen molar-refractivity contribution < 1.29 is 22.0 Å². The third kappa shape index (κ3) is 3.23. The highest BCUT2D eigenvalue weighted by Gasteiger charge is 2.41. The van der Waals surface area contributed by atoms with E-state index in [2.05, 4.69) is 0 Å². The van der Waals surface area contributed by atoms with Gasteiger partial charge in [0.2, 0.25) is 5.92 Å². The molecule has 1 aromatic rings. The van der Waals surface area contributed by atoms with Crippen molar-refractivity contribution in [3.8, 4) is 0 Å². The summed E-state index contributed by atoms with van der Waals surface area (Å²) < 4.78 is 65.4. The van der Waals surface area contributed by atoms with Crippen LogP contribution in [0, 0.1) is 17.5 Å². The highest BCUT2D eigenvalue weighted by Crippen LogP contribution is 2.39. The second-order valence-electron chi connectivity index (χ2n) is 5.25. The van der Waals surface area contributed by atoms with Crippen molar-refractivity contribution >= 4 is 0 Å². The molecule has 2 rings (SSSR count). The van der Waals surface area contributed by atoms with Gasteiger partial charge in [-0.2, -0.15) is 0 Å². The summed E-state index contributed by atoms with van der Waals surface area (Å²) in [7, 11) is 0. The lowest BCUT2D eigenvalue weighted by Gasteiger charge is -2.37. The first-order valence-electron chi connectivity index (χ1n) is 6.01. The van der Waals surface area contributed by atoms with Gasteiger partial charge in [0.25, 0.3) is 0 Å². The molecule has 106 valence electrons. The number of nitrogens with two attached hydrogens (primary N) is 1. The quantitative estimate of drug-likeness (QED) is 0.650. The van der Waals surface area contributed by atoms with E-state index in [0.717, 1.165) is 6.07 Å². The van der Waals surface area contributed by atoms with Crippen LogP contribution in [0.3, 0.4) is 0 Å². The Balaban J connectivity index is 2.15. The van der Waals surface area contributed by atoms with Gasteiger partial charge in [-0.3, -0.25) is 0 Å². The third-order valence-electron chi connectivity index (χ3n) is 3.61. The van der Waals surface area contributed by atoms with Crippen molar-refractivity contribution in [1.29, 1.82) is 0 Å². The fourth-order valence-corrected chi connectivity index (χ4v) is 2.37. The largest absolute Gasteiger partial charge is 0.325 e. The predicted octanol–water partition coefficient (Wildman–Crippen LogP) is 3.55. The van der Waals surface area contributed by atoms with Gasteiger partial charge in [-0.1, -0.05) is 0 Å². The van der Waals surface area contributed by atoms with E-state index in [-0.39, 0.29) is 37.7 Å². The number of alkyl halides is 2. The Morgan fingerprint density at radius 3 is 2.00 bits per heavy atom. The fraction of sp³-hybridized carbons (Fsp3) is 0.538. The zero-order valence-corrected chi connectivity index (χ0v) is 10.2. The summed E-state index contributed by atoms with van der Waals surface area (Å²) in [4.78, 5) is 0. The van der Waals surface area contributed by atoms with E-state index in [9.17, 15) is 22.0 Å². The number of hydrogen-bond donors (Lipinski definition) is 1. The molecule has 0 bridgehead atoms. The van der Waals surface area contributed by atoms with Gasteiger partial charge in [0, 0.05) is 24.4 Å². The van der Waals surface area contributed by atoms with E-state index in [1.165, 1.54) is 0 Å². The maximum Gasteiger partial charge on any atom is 0.248 e. The summed E-state index contributed by atoms with van der Waals surface area (Å²) >= 11 is 0. The Hall–Kier alpha value is -1.17. The Kier molecular flexibility index (Phi) is 3.55. The van der Waals surface area contributed by atoms with Crippen molar-refractivity contribution in [2.24, 2.45) is 5.73 Å². The highest BCUT2D eigenvalue weighted by molar-refractivity contribution is 5.22. The average Bonchev–Trinajstić information content (AvgIpc) is 2.31. The number of rotatable bonds is 2. The van der Waals surface area contributed by atoms with E-state index < -0.39 is 28.9 Å². The predicted molar refractivity (Wildman–Crippen MR) is 60.4 cm³/mol. The van der Waals surface area contributed by atoms with Crippen LogP contribution in [0.4, 0.5) is 22.0 Å². The molecule has 1 aliphatic rings. The first-order valence-corrected chi connectivity index (χ1v) is 6.01. The molecule has 0 radical (unpaired) electrons. The summed E-state index contributed by atoms with van der Waals surface area (Å²) in [5, 5.41) is 0. The summed E-state index contributed by atoms with van der Waals surface area (Å²) in [6.45, 7) is 0. The van der Waals surface area contributed by atoms with Crippen LogP contribution in [-0.2, 0) is 6.42 Å². The van der Waals surface area contributed by atoms with E-state index in [1.807, 2.05) is 0 Å². The number of benzene rings is 1. The molecule has 0 aliphatic heterocycles. The topological polar surface area (TPSA) is 26.0 Å². The standard InChI is InChI=1S/C13H14F5N/c14-9-6-11(16)10(15)5-8(9)7-12(19)1-3-13(17,18)4-2-12/h5-6H,1-4,7,19H2. The van der Waals surface area contributed by atoms with Crippen molar-refractivity contribution in [1.82, 2.24) is 0 Å². The molecule has 2 N–H and O–H groups in total. The summed E-state index contributed by atoms with van der Waals surface area (Å²) in [6, 6.07) is 1.19. The Morgan fingerprint density at radius 2 is 1.42 bits per heavy atom. The van der Waals surface area contributed by atoms with Gasteiger partial charge in [-0.05, 0) is 30.9 Å². The minimum absolute atomic E-state index is 0.0262.